The molecule has 2 nitrogen and oxygen atoms in total. The van der Waals surface area contributed by atoms with Crippen molar-refractivity contribution < 1.29 is 0 Å². The Bertz CT molecular complexity index is 318. The van der Waals surface area contributed by atoms with Crippen LogP contribution in [0.15, 0.2) is 3.79 Å². The fourth-order valence-electron chi connectivity index (χ4n) is 1.93. The maximum atomic E-state index is 4.72. The van der Waals surface area contributed by atoms with Gasteiger partial charge in [-0.25, -0.2) is 4.98 Å². The highest BCUT2D eigenvalue weighted by Gasteiger charge is 2.16. The Morgan fingerprint density at radius 1 is 1.33 bits per heavy atom. The Hall–Kier alpha value is -0.0900. The van der Waals surface area contributed by atoms with Crippen molar-refractivity contribution in [1.29, 1.82) is 0 Å². The van der Waals surface area contributed by atoms with Crippen LogP contribution in [0.5, 0.6) is 0 Å². The molecule has 0 atom stereocenters. The molecule has 1 aliphatic heterocycles. The molecule has 2 rings (SSSR count). The monoisotopic (exact) mass is 288 g/mol. The predicted octanol–water partition coefficient (Wildman–Crippen LogP) is 3.85. The van der Waals surface area contributed by atoms with E-state index in [2.05, 4.69) is 27.8 Å². The lowest BCUT2D eigenvalue weighted by Crippen LogP contribution is -2.29. The van der Waals surface area contributed by atoms with Gasteiger partial charge >= 0.3 is 0 Å². The molecule has 1 aliphatic rings. The summed E-state index contributed by atoms with van der Waals surface area (Å²) in [6.45, 7) is 4.57. The van der Waals surface area contributed by atoms with Crippen LogP contribution in [0.4, 0.5) is 5.13 Å². The zero-order chi connectivity index (χ0) is 10.7. The summed E-state index contributed by atoms with van der Waals surface area (Å²) in [5.41, 5.74) is 1.24. The van der Waals surface area contributed by atoms with Crippen LogP contribution in [0.1, 0.15) is 38.3 Å². The van der Waals surface area contributed by atoms with Gasteiger partial charge in [0.1, 0.15) is 0 Å². The number of piperidine rings is 1. The van der Waals surface area contributed by atoms with Crippen LogP contribution >= 0.6 is 27.3 Å². The quantitative estimate of drug-likeness (QED) is 0.840. The molecule has 1 aromatic rings. The van der Waals surface area contributed by atoms with Gasteiger partial charge in [0.25, 0.3) is 0 Å². The third kappa shape index (κ3) is 2.72. The van der Waals surface area contributed by atoms with E-state index < -0.39 is 0 Å². The predicted molar refractivity (Wildman–Crippen MR) is 69.9 cm³/mol. The summed E-state index contributed by atoms with van der Waals surface area (Å²) in [5.74, 6) is 0. The number of hydrogen-bond acceptors (Lipinski definition) is 3. The van der Waals surface area contributed by atoms with Crippen LogP contribution in [0.25, 0.3) is 0 Å². The van der Waals surface area contributed by atoms with Gasteiger partial charge < -0.3 is 4.90 Å². The summed E-state index contributed by atoms with van der Waals surface area (Å²) >= 11 is 5.41. The van der Waals surface area contributed by atoms with Crippen molar-refractivity contribution in [3.63, 3.8) is 0 Å². The number of aromatic nitrogens is 1. The number of hydrogen-bond donors (Lipinski definition) is 0. The molecule has 0 spiro atoms. The van der Waals surface area contributed by atoms with E-state index in [0.717, 1.165) is 6.42 Å². The Kier molecular flexibility index (Phi) is 4.03. The minimum absolute atomic E-state index is 1.09. The molecule has 15 heavy (non-hydrogen) atoms. The number of rotatable bonds is 3. The van der Waals surface area contributed by atoms with Gasteiger partial charge in [0, 0.05) is 13.1 Å². The molecule has 84 valence electrons. The van der Waals surface area contributed by atoms with E-state index in [4.69, 9.17) is 4.98 Å². The summed E-state index contributed by atoms with van der Waals surface area (Å²) < 4.78 is 1.23. The van der Waals surface area contributed by atoms with Crippen molar-refractivity contribution in [2.24, 2.45) is 0 Å². The largest absolute Gasteiger partial charge is 0.348 e. The summed E-state index contributed by atoms with van der Waals surface area (Å²) in [4.78, 5) is 7.15. The zero-order valence-electron chi connectivity index (χ0n) is 9.13. The van der Waals surface area contributed by atoms with Crippen molar-refractivity contribution in [2.45, 2.75) is 39.0 Å². The summed E-state index contributed by atoms with van der Waals surface area (Å²) in [6, 6.07) is 0. The normalized spacial score (nSPS) is 17.1. The molecule has 0 aliphatic carbocycles. The fraction of sp³-hybridized carbons (Fsp3) is 0.727. The average Bonchev–Trinajstić information content (AvgIpc) is 2.63. The number of anilines is 1. The molecule has 0 bridgehead atoms. The molecule has 2 heterocycles. The molecule has 0 unspecified atom stereocenters. The van der Waals surface area contributed by atoms with Gasteiger partial charge in [0.2, 0.25) is 0 Å². The maximum absolute atomic E-state index is 4.72. The smallest absolute Gasteiger partial charge is 0.186 e. The van der Waals surface area contributed by atoms with Crippen molar-refractivity contribution in [2.75, 3.05) is 18.0 Å². The Morgan fingerprint density at radius 2 is 2.07 bits per heavy atom. The fourth-order valence-corrected chi connectivity index (χ4v) is 3.55. The summed E-state index contributed by atoms with van der Waals surface area (Å²) in [6.07, 6.45) is 6.28. The van der Waals surface area contributed by atoms with Crippen LogP contribution in [0.3, 0.4) is 0 Å². The van der Waals surface area contributed by atoms with Crippen LogP contribution in [-0.2, 0) is 6.42 Å². The SMILES string of the molecule is CCCc1nc(N2CCCCC2)sc1Br. The molecule has 0 amide bonds. The first kappa shape index (κ1) is 11.4. The molecule has 0 saturated carbocycles. The minimum Gasteiger partial charge on any atom is -0.348 e. The second-order valence-corrected chi connectivity index (χ2v) is 6.31. The Balaban J connectivity index is 2.10. The number of halogens is 1. The highest BCUT2D eigenvalue weighted by Crippen LogP contribution is 2.32. The van der Waals surface area contributed by atoms with E-state index in [9.17, 15) is 0 Å². The Morgan fingerprint density at radius 3 is 2.73 bits per heavy atom. The minimum atomic E-state index is 1.09. The van der Waals surface area contributed by atoms with Gasteiger partial charge in [-0.2, -0.15) is 0 Å². The van der Waals surface area contributed by atoms with Crippen molar-refractivity contribution in [3.8, 4) is 0 Å². The third-order valence-electron chi connectivity index (χ3n) is 2.75. The van der Waals surface area contributed by atoms with Crippen LogP contribution in [0, 0.1) is 0 Å². The average molecular weight is 289 g/mol. The zero-order valence-corrected chi connectivity index (χ0v) is 11.5. The molecule has 0 N–H and O–H groups in total. The van der Waals surface area contributed by atoms with E-state index in [1.54, 1.807) is 11.3 Å². The van der Waals surface area contributed by atoms with Crippen LogP contribution in [-0.4, -0.2) is 18.1 Å². The molecule has 1 aromatic heterocycles. The summed E-state index contributed by atoms with van der Waals surface area (Å²) in [5, 5.41) is 1.21. The van der Waals surface area contributed by atoms with Gasteiger partial charge in [0.05, 0.1) is 9.48 Å². The molecule has 1 fully saturated rings. The van der Waals surface area contributed by atoms with E-state index in [0.29, 0.717) is 0 Å². The maximum Gasteiger partial charge on any atom is 0.186 e. The lowest BCUT2D eigenvalue weighted by atomic mass is 10.1. The highest BCUT2D eigenvalue weighted by atomic mass is 79.9. The van der Waals surface area contributed by atoms with Gasteiger partial charge in [0.15, 0.2) is 5.13 Å². The molecular weight excluding hydrogens is 272 g/mol. The van der Waals surface area contributed by atoms with Crippen molar-refractivity contribution in [3.05, 3.63) is 9.48 Å². The third-order valence-corrected chi connectivity index (χ3v) is 4.64. The van der Waals surface area contributed by atoms with Crippen molar-refractivity contribution in [1.82, 2.24) is 4.98 Å². The number of thiazole rings is 1. The van der Waals surface area contributed by atoms with E-state index in [1.807, 2.05) is 0 Å². The Labute approximate surface area is 104 Å². The van der Waals surface area contributed by atoms with Gasteiger partial charge in [-0.05, 0) is 41.6 Å². The molecule has 0 radical (unpaired) electrons. The van der Waals surface area contributed by atoms with Crippen LogP contribution in [0.2, 0.25) is 0 Å². The van der Waals surface area contributed by atoms with Gasteiger partial charge in [-0.3, -0.25) is 0 Å². The second-order valence-electron chi connectivity index (χ2n) is 4.01. The van der Waals surface area contributed by atoms with Gasteiger partial charge in [-0.1, -0.05) is 24.7 Å². The van der Waals surface area contributed by atoms with E-state index in [1.165, 1.54) is 53.4 Å². The topological polar surface area (TPSA) is 16.1 Å². The van der Waals surface area contributed by atoms with Crippen molar-refractivity contribution >= 4 is 32.4 Å². The standard InChI is InChI=1S/C11H17BrN2S/c1-2-6-9-10(12)15-11(13-9)14-7-4-3-5-8-14/h2-8H2,1H3. The van der Waals surface area contributed by atoms with Gasteiger partial charge in [-0.15, -0.1) is 0 Å². The first-order valence-electron chi connectivity index (χ1n) is 5.71. The lowest BCUT2D eigenvalue weighted by Gasteiger charge is -2.25. The van der Waals surface area contributed by atoms with E-state index >= 15 is 0 Å². The number of aryl methyl sites for hydroxylation is 1. The lowest BCUT2D eigenvalue weighted by molar-refractivity contribution is 0.576. The molecule has 0 aromatic carbocycles. The molecule has 4 heteroatoms. The number of nitrogens with zero attached hydrogens (tertiary/aromatic N) is 2. The van der Waals surface area contributed by atoms with E-state index in [-0.39, 0.29) is 0 Å². The second kappa shape index (κ2) is 5.30. The van der Waals surface area contributed by atoms with Crippen LogP contribution < -0.4 is 4.90 Å². The molecule has 1 saturated heterocycles. The first-order valence-corrected chi connectivity index (χ1v) is 7.32. The first-order chi connectivity index (χ1) is 7.31. The highest BCUT2D eigenvalue weighted by molar-refractivity contribution is 9.11. The summed E-state index contributed by atoms with van der Waals surface area (Å²) in [7, 11) is 0. The molecular formula is C11H17BrN2S.